The number of hydrogen-bond acceptors (Lipinski definition) is 4. The summed E-state index contributed by atoms with van der Waals surface area (Å²) in [6, 6.07) is 15.5. The fourth-order valence-corrected chi connectivity index (χ4v) is 2.24. The normalized spacial score (nSPS) is 12.0. The monoisotopic (exact) mass is 301 g/mol. The highest BCUT2D eigenvalue weighted by Gasteiger charge is 2.08. The lowest BCUT2D eigenvalue weighted by Crippen LogP contribution is -2.21. The quantitative estimate of drug-likeness (QED) is 0.787. The first-order valence-corrected chi connectivity index (χ1v) is 7.48. The molecule has 0 saturated heterocycles. The van der Waals surface area contributed by atoms with Crippen LogP contribution >= 0.6 is 0 Å². The zero-order valence-electron chi connectivity index (χ0n) is 13.1. The van der Waals surface area contributed by atoms with Gasteiger partial charge in [-0.25, -0.2) is 0 Å². The van der Waals surface area contributed by atoms with Crippen LogP contribution in [0.5, 0.6) is 11.5 Å². The molecule has 2 aromatic rings. The maximum absolute atomic E-state index is 10.1. The molecule has 22 heavy (non-hydrogen) atoms. The molecule has 0 fully saturated rings. The van der Waals surface area contributed by atoms with Gasteiger partial charge in [0, 0.05) is 13.1 Å². The number of methoxy groups -OCH3 is 1. The number of nitrogens with one attached hydrogen (secondary N) is 1. The topological polar surface area (TPSA) is 50.7 Å². The molecule has 0 radical (unpaired) electrons. The summed E-state index contributed by atoms with van der Waals surface area (Å²) in [6.45, 7) is 3.71. The molecule has 0 aromatic heterocycles. The molecule has 0 aliphatic rings. The molecule has 0 amide bonds. The summed E-state index contributed by atoms with van der Waals surface area (Å²) in [7, 11) is 1.63. The van der Waals surface area contributed by atoms with E-state index in [2.05, 4.69) is 5.32 Å². The molecule has 0 bridgehead atoms. The highest BCUT2D eigenvalue weighted by atomic mass is 16.5. The molecule has 118 valence electrons. The number of aliphatic hydroxyl groups excluding tert-OH is 1. The van der Waals surface area contributed by atoms with E-state index in [0.717, 1.165) is 22.6 Å². The molecule has 4 nitrogen and oxygen atoms in total. The van der Waals surface area contributed by atoms with Crippen molar-refractivity contribution >= 4 is 0 Å². The minimum atomic E-state index is -0.509. The lowest BCUT2D eigenvalue weighted by Gasteiger charge is -2.14. The van der Waals surface area contributed by atoms with E-state index in [1.165, 1.54) is 0 Å². The van der Waals surface area contributed by atoms with Crippen LogP contribution in [-0.2, 0) is 6.54 Å². The van der Waals surface area contributed by atoms with Crippen LogP contribution < -0.4 is 14.8 Å². The third kappa shape index (κ3) is 4.48. The number of hydrogen-bond donors (Lipinski definition) is 2. The van der Waals surface area contributed by atoms with Crippen molar-refractivity contribution in [3.8, 4) is 11.5 Å². The van der Waals surface area contributed by atoms with Crippen LogP contribution in [0.1, 0.15) is 24.2 Å². The average molecular weight is 301 g/mol. The van der Waals surface area contributed by atoms with Crippen molar-refractivity contribution in [1.29, 1.82) is 0 Å². The van der Waals surface area contributed by atoms with Gasteiger partial charge in [0.15, 0.2) is 11.5 Å². The van der Waals surface area contributed by atoms with E-state index in [4.69, 9.17) is 9.47 Å². The molecular weight excluding hydrogens is 278 g/mol. The fraction of sp³-hybridized carbons (Fsp3) is 0.333. The Hall–Kier alpha value is -2.04. The zero-order chi connectivity index (χ0) is 15.8. The van der Waals surface area contributed by atoms with Crippen LogP contribution in [0.3, 0.4) is 0 Å². The summed E-state index contributed by atoms with van der Waals surface area (Å²) in [5.74, 6) is 1.47. The highest BCUT2D eigenvalue weighted by molar-refractivity contribution is 5.42. The fourth-order valence-electron chi connectivity index (χ4n) is 2.24. The summed E-state index contributed by atoms with van der Waals surface area (Å²) in [5.41, 5.74) is 2.00. The van der Waals surface area contributed by atoms with Crippen molar-refractivity contribution in [2.24, 2.45) is 0 Å². The Bertz CT molecular complexity index is 572. The SMILES string of the molecule is CCOc1ccc(CNCC(O)c2ccccc2)cc1OC. The van der Waals surface area contributed by atoms with E-state index in [0.29, 0.717) is 19.7 Å². The van der Waals surface area contributed by atoms with Crippen LogP contribution in [-0.4, -0.2) is 25.4 Å². The first-order valence-electron chi connectivity index (χ1n) is 7.48. The molecule has 2 aromatic carbocycles. The lowest BCUT2D eigenvalue weighted by molar-refractivity contribution is 0.174. The Balaban J connectivity index is 1.89. The number of benzene rings is 2. The first kappa shape index (κ1) is 16.3. The van der Waals surface area contributed by atoms with Crippen LogP contribution in [0.2, 0.25) is 0 Å². The van der Waals surface area contributed by atoms with Crippen molar-refractivity contribution in [3.05, 3.63) is 59.7 Å². The van der Waals surface area contributed by atoms with E-state index < -0.39 is 6.10 Å². The molecule has 2 N–H and O–H groups in total. The van der Waals surface area contributed by atoms with Gasteiger partial charge >= 0.3 is 0 Å². The third-order valence-corrected chi connectivity index (χ3v) is 3.38. The molecule has 4 heteroatoms. The predicted octanol–water partition coefficient (Wildman–Crippen LogP) is 2.92. The summed E-state index contributed by atoms with van der Waals surface area (Å²) in [6.07, 6.45) is -0.509. The van der Waals surface area contributed by atoms with Gasteiger partial charge in [0.25, 0.3) is 0 Å². The predicted molar refractivity (Wildman–Crippen MR) is 87.3 cm³/mol. The third-order valence-electron chi connectivity index (χ3n) is 3.38. The summed E-state index contributed by atoms with van der Waals surface area (Å²) in [5, 5.41) is 13.4. The van der Waals surface area contributed by atoms with Gasteiger partial charge in [-0.2, -0.15) is 0 Å². The van der Waals surface area contributed by atoms with E-state index in [9.17, 15) is 5.11 Å². The smallest absolute Gasteiger partial charge is 0.161 e. The van der Waals surface area contributed by atoms with Gasteiger partial charge in [-0.3, -0.25) is 0 Å². The minimum absolute atomic E-state index is 0.500. The number of ether oxygens (including phenoxy) is 2. The molecular formula is C18H23NO3. The Morgan fingerprint density at radius 3 is 2.55 bits per heavy atom. The molecule has 0 saturated carbocycles. The van der Waals surface area contributed by atoms with Crippen molar-refractivity contribution < 1.29 is 14.6 Å². The molecule has 0 aliphatic carbocycles. The summed E-state index contributed by atoms with van der Waals surface area (Å²) >= 11 is 0. The van der Waals surface area contributed by atoms with Gasteiger partial charge in [0.05, 0.1) is 19.8 Å². The van der Waals surface area contributed by atoms with E-state index >= 15 is 0 Å². The molecule has 1 unspecified atom stereocenters. The van der Waals surface area contributed by atoms with E-state index in [1.54, 1.807) is 7.11 Å². The molecule has 0 heterocycles. The van der Waals surface area contributed by atoms with Crippen LogP contribution in [0, 0.1) is 0 Å². The zero-order valence-corrected chi connectivity index (χ0v) is 13.1. The van der Waals surface area contributed by atoms with E-state index in [1.807, 2.05) is 55.5 Å². The average Bonchev–Trinajstić information content (AvgIpc) is 2.57. The van der Waals surface area contributed by atoms with Crippen molar-refractivity contribution in [1.82, 2.24) is 5.32 Å². The second-order valence-electron chi connectivity index (χ2n) is 4.98. The first-order chi connectivity index (χ1) is 10.7. The van der Waals surface area contributed by atoms with Gasteiger partial charge in [-0.1, -0.05) is 36.4 Å². The number of rotatable bonds is 8. The van der Waals surface area contributed by atoms with Crippen molar-refractivity contribution in [2.45, 2.75) is 19.6 Å². The Kier molecular flexibility index (Phi) is 6.25. The Labute approximate surface area is 131 Å². The molecule has 2 rings (SSSR count). The van der Waals surface area contributed by atoms with Gasteiger partial charge in [0.1, 0.15) is 0 Å². The maximum Gasteiger partial charge on any atom is 0.161 e. The van der Waals surface area contributed by atoms with Gasteiger partial charge < -0.3 is 19.9 Å². The lowest BCUT2D eigenvalue weighted by atomic mass is 10.1. The van der Waals surface area contributed by atoms with Crippen LogP contribution in [0.4, 0.5) is 0 Å². The second-order valence-corrected chi connectivity index (χ2v) is 4.98. The molecule has 0 aliphatic heterocycles. The van der Waals surface area contributed by atoms with Crippen molar-refractivity contribution in [3.63, 3.8) is 0 Å². The molecule has 0 spiro atoms. The van der Waals surface area contributed by atoms with E-state index in [-0.39, 0.29) is 0 Å². The number of aliphatic hydroxyl groups is 1. The summed E-state index contributed by atoms with van der Waals surface area (Å²) in [4.78, 5) is 0. The molecule has 1 atom stereocenters. The van der Waals surface area contributed by atoms with Crippen molar-refractivity contribution in [2.75, 3.05) is 20.3 Å². The van der Waals surface area contributed by atoms with Gasteiger partial charge in [-0.15, -0.1) is 0 Å². The Morgan fingerprint density at radius 2 is 1.86 bits per heavy atom. The highest BCUT2D eigenvalue weighted by Crippen LogP contribution is 2.28. The second kappa shape index (κ2) is 8.41. The van der Waals surface area contributed by atoms with Crippen LogP contribution in [0.25, 0.3) is 0 Å². The Morgan fingerprint density at radius 1 is 1.09 bits per heavy atom. The maximum atomic E-state index is 10.1. The van der Waals surface area contributed by atoms with Crippen LogP contribution in [0.15, 0.2) is 48.5 Å². The van der Waals surface area contributed by atoms with Gasteiger partial charge in [-0.05, 0) is 30.2 Å². The minimum Gasteiger partial charge on any atom is -0.493 e. The largest absolute Gasteiger partial charge is 0.493 e. The van der Waals surface area contributed by atoms with Gasteiger partial charge in [0.2, 0.25) is 0 Å². The summed E-state index contributed by atoms with van der Waals surface area (Å²) < 4.78 is 10.8. The standard InChI is InChI=1S/C18H23NO3/c1-3-22-17-10-9-14(11-18(17)21-2)12-19-13-16(20)15-7-5-4-6-8-15/h4-11,16,19-20H,3,12-13H2,1-2H3.